The third kappa shape index (κ3) is 7.12. The van der Waals surface area contributed by atoms with Gasteiger partial charge in [-0.15, -0.1) is 0 Å². The largest absolute Gasteiger partial charge is 0.312 e. The Kier molecular flexibility index (Phi) is 9.40. The highest BCUT2D eigenvalue weighted by molar-refractivity contribution is 9.10. The van der Waals surface area contributed by atoms with Crippen LogP contribution in [0.1, 0.15) is 65.2 Å². The summed E-state index contributed by atoms with van der Waals surface area (Å²) in [5.74, 6) is 0.116. The van der Waals surface area contributed by atoms with E-state index in [2.05, 4.69) is 22.9 Å². The van der Waals surface area contributed by atoms with Gasteiger partial charge in [0.25, 0.3) is 0 Å². The van der Waals surface area contributed by atoms with Crippen LogP contribution < -0.4 is 4.90 Å². The lowest BCUT2D eigenvalue weighted by Crippen LogP contribution is -2.29. The number of benzene rings is 1. The predicted octanol–water partition coefficient (Wildman–Crippen LogP) is 5.94. The Labute approximate surface area is 138 Å². The number of nitrogens with zero attached hydrogens (tertiary/aromatic N) is 1. The van der Waals surface area contributed by atoms with Gasteiger partial charge in [0.2, 0.25) is 5.91 Å². The number of para-hydroxylation sites is 1. The molecule has 21 heavy (non-hydrogen) atoms. The zero-order chi connectivity index (χ0) is 15.5. The number of rotatable bonds is 10. The van der Waals surface area contributed by atoms with Crippen LogP contribution >= 0.6 is 15.9 Å². The molecule has 3 heteroatoms. The molecule has 0 aliphatic carbocycles. The number of carbonyl (C=O) groups excluding carboxylic acids is 1. The fourth-order valence-corrected chi connectivity index (χ4v) is 3.02. The topological polar surface area (TPSA) is 20.3 Å². The number of anilines is 1. The summed E-state index contributed by atoms with van der Waals surface area (Å²) in [7, 11) is 0. The van der Waals surface area contributed by atoms with Gasteiger partial charge in [-0.2, -0.15) is 0 Å². The van der Waals surface area contributed by atoms with E-state index in [9.17, 15) is 4.79 Å². The molecule has 0 bridgehead atoms. The van der Waals surface area contributed by atoms with E-state index < -0.39 is 0 Å². The van der Waals surface area contributed by atoms with Crippen LogP contribution in [0.3, 0.4) is 0 Å². The summed E-state index contributed by atoms with van der Waals surface area (Å²) in [6.07, 6.45) is 10.3. The summed E-state index contributed by atoms with van der Waals surface area (Å²) in [5.41, 5.74) is 0.980. The first kappa shape index (κ1) is 18.2. The standard InChI is InChI=1S/C18H28BrNO/c1-3-4-5-6-7-8-9-12-15-20(16(2)21)18-14-11-10-13-17(18)19/h10-11,13-14H,3-9,12,15H2,1-2H3. The lowest BCUT2D eigenvalue weighted by atomic mass is 10.1. The maximum absolute atomic E-state index is 11.8. The van der Waals surface area contributed by atoms with Crippen molar-refractivity contribution in [2.75, 3.05) is 11.4 Å². The lowest BCUT2D eigenvalue weighted by molar-refractivity contribution is -0.116. The Morgan fingerprint density at radius 3 is 2.14 bits per heavy atom. The molecule has 1 aromatic rings. The maximum atomic E-state index is 11.8. The number of hydrogen-bond donors (Lipinski definition) is 0. The molecule has 0 aliphatic rings. The number of unbranched alkanes of at least 4 members (excludes halogenated alkanes) is 7. The number of hydrogen-bond acceptors (Lipinski definition) is 1. The van der Waals surface area contributed by atoms with Gasteiger partial charge >= 0.3 is 0 Å². The van der Waals surface area contributed by atoms with Crippen LogP contribution in [0.25, 0.3) is 0 Å². The molecule has 2 nitrogen and oxygen atoms in total. The molecule has 0 spiro atoms. The van der Waals surface area contributed by atoms with Crippen molar-refractivity contribution in [1.82, 2.24) is 0 Å². The molecule has 1 aromatic carbocycles. The second-order valence-electron chi connectivity index (χ2n) is 5.60. The Morgan fingerprint density at radius 2 is 1.57 bits per heavy atom. The molecule has 0 N–H and O–H groups in total. The molecule has 1 rings (SSSR count). The minimum absolute atomic E-state index is 0.116. The Balaban J connectivity index is 2.30. The van der Waals surface area contributed by atoms with E-state index >= 15 is 0 Å². The van der Waals surface area contributed by atoms with Crippen molar-refractivity contribution >= 4 is 27.5 Å². The number of amides is 1. The van der Waals surface area contributed by atoms with Crippen LogP contribution in [0.4, 0.5) is 5.69 Å². The van der Waals surface area contributed by atoms with E-state index in [4.69, 9.17) is 0 Å². The van der Waals surface area contributed by atoms with E-state index in [0.717, 1.165) is 23.1 Å². The molecule has 0 radical (unpaired) electrons. The molecular weight excluding hydrogens is 326 g/mol. The minimum atomic E-state index is 0.116. The highest BCUT2D eigenvalue weighted by Crippen LogP contribution is 2.26. The van der Waals surface area contributed by atoms with Gasteiger partial charge in [-0.3, -0.25) is 4.79 Å². The molecule has 0 heterocycles. The SMILES string of the molecule is CCCCCCCCCCN(C(C)=O)c1ccccc1Br. The van der Waals surface area contributed by atoms with E-state index in [0.29, 0.717) is 0 Å². The summed E-state index contributed by atoms with van der Waals surface area (Å²) < 4.78 is 0.986. The molecule has 0 aromatic heterocycles. The molecule has 0 atom stereocenters. The molecule has 0 saturated heterocycles. The van der Waals surface area contributed by atoms with Gasteiger partial charge in [-0.05, 0) is 34.5 Å². The summed E-state index contributed by atoms with van der Waals surface area (Å²) in [5, 5.41) is 0. The van der Waals surface area contributed by atoms with E-state index in [1.54, 1.807) is 6.92 Å². The number of halogens is 1. The molecule has 118 valence electrons. The highest BCUT2D eigenvalue weighted by atomic mass is 79.9. The van der Waals surface area contributed by atoms with E-state index in [1.165, 1.54) is 44.9 Å². The van der Waals surface area contributed by atoms with Gasteiger partial charge in [-0.1, -0.05) is 64.0 Å². The zero-order valence-corrected chi connectivity index (χ0v) is 15.0. The maximum Gasteiger partial charge on any atom is 0.223 e. The highest BCUT2D eigenvalue weighted by Gasteiger charge is 2.13. The average Bonchev–Trinajstić information content (AvgIpc) is 2.46. The monoisotopic (exact) mass is 353 g/mol. The lowest BCUT2D eigenvalue weighted by Gasteiger charge is -2.22. The molecule has 0 saturated carbocycles. The average molecular weight is 354 g/mol. The molecule has 1 amide bonds. The summed E-state index contributed by atoms with van der Waals surface area (Å²) in [6.45, 7) is 4.70. The Hall–Kier alpha value is -0.830. The van der Waals surface area contributed by atoms with Crippen LogP contribution in [0, 0.1) is 0 Å². The van der Waals surface area contributed by atoms with Crippen molar-refractivity contribution in [2.45, 2.75) is 65.2 Å². The molecule has 0 aliphatic heterocycles. The van der Waals surface area contributed by atoms with Gasteiger partial charge in [0.1, 0.15) is 0 Å². The smallest absolute Gasteiger partial charge is 0.223 e. The summed E-state index contributed by atoms with van der Waals surface area (Å²) in [4.78, 5) is 13.7. The van der Waals surface area contributed by atoms with Crippen molar-refractivity contribution in [2.24, 2.45) is 0 Å². The second-order valence-corrected chi connectivity index (χ2v) is 6.45. The Morgan fingerprint density at radius 1 is 1.00 bits per heavy atom. The molecular formula is C18H28BrNO. The number of carbonyl (C=O) groups is 1. The quantitative estimate of drug-likeness (QED) is 0.476. The van der Waals surface area contributed by atoms with Gasteiger partial charge in [0.15, 0.2) is 0 Å². The van der Waals surface area contributed by atoms with Crippen LogP contribution in [-0.2, 0) is 4.79 Å². The van der Waals surface area contributed by atoms with Gasteiger partial charge in [0, 0.05) is 17.9 Å². The first-order chi connectivity index (χ1) is 10.2. The first-order valence-corrected chi connectivity index (χ1v) is 8.98. The van der Waals surface area contributed by atoms with Crippen LogP contribution in [-0.4, -0.2) is 12.5 Å². The van der Waals surface area contributed by atoms with Crippen molar-refractivity contribution in [3.05, 3.63) is 28.7 Å². The molecule has 0 unspecified atom stereocenters. The van der Waals surface area contributed by atoms with Crippen LogP contribution in [0.2, 0.25) is 0 Å². The van der Waals surface area contributed by atoms with Crippen molar-refractivity contribution in [3.8, 4) is 0 Å². The van der Waals surface area contributed by atoms with Gasteiger partial charge in [0.05, 0.1) is 5.69 Å². The van der Waals surface area contributed by atoms with Crippen LogP contribution in [0.15, 0.2) is 28.7 Å². The fraction of sp³-hybridized carbons (Fsp3) is 0.611. The normalized spacial score (nSPS) is 10.6. The van der Waals surface area contributed by atoms with Gasteiger partial charge in [-0.25, -0.2) is 0 Å². The second kappa shape index (κ2) is 10.8. The predicted molar refractivity (Wildman–Crippen MR) is 94.8 cm³/mol. The fourth-order valence-electron chi connectivity index (χ4n) is 2.52. The summed E-state index contributed by atoms with van der Waals surface area (Å²) in [6, 6.07) is 7.93. The van der Waals surface area contributed by atoms with Crippen molar-refractivity contribution < 1.29 is 4.79 Å². The van der Waals surface area contributed by atoms with Crippen molar-refractivity contribution in [1.29, 1.82) is 0 Å². The summed E-state index contributed by atoms with van der Waals surface area (Å²) >= 11 is 3.53. The first-order valence-electron chi connectivity index (χ1n) is 8.19. The zero-order valence-electron chi connectivity index (χ0n) is 13.4. The Bertz CT molecular complexity index is 419. The minimum Gasteiger partial charge on any atom is -0.312 e. The van der Waals surface area contributed by atoms with Crippen molar-refractivity contribution in [3.63, 3.8) is 0 Å². The molecule has 0 fully saturated rings. The third-order valence-corrected chi connectivity index (χ3v) is 4.43. The van der Waals surface area contributed by atoms with E-state index in [1.807, 2.05) is 29.2 Å². The van der Waals surface area contributed by atoms with Gasteiger partial charge < -0.3 is 4.90 Å². The third-order valence-electron chi connectivity index (χ3n) is 3.76. The van der Waals surface area contributed by atoms with E-state index in [-0.39, 0.29) is 5.91 Å². The van der Waals surface area contributed by atoms with Crippen LogP contribution in [0.5, 0.6) is 0 Å².